The van der Waals surface area contributed by atoms with E-state index in [-0.39, 0.29) is 22.1 Å². The van der Waals surface area contributed by atoms with Crippen LogP contribution in [0.1, 0.15) is 25.1 Å². The van der Waals surface area contributed by atoms with Crippen LogP contribution in [-0.2, 0) is 14.9 Å². The van der Waals surface area contributed by atoms with E-state index in [4.69, 9.17) is 16.4 Å². The summed E-state index contributed by atoms with van der Waals surface area (Å²) in [5.74, 6) is -0.735. The molecule has 13 heteroatoms. The zero-order chi connectivity index (χ0) is 23.6. The molecule has 3 N–H and O–H groups in total. The topological polar surface area (TPSA) is 151 Å². The summed E-state index contributed by atoms with van der Waals surface area (Å²) in [6.07, 6.45) is 5.09. The lowest BCUT2D eigenvalue weighted by molar-refractivity contribution is -0.0259. The van der Waals surface area contributed by atoms with Crippen LogP contribution in [0.25, 0.3) is 0 Å². The van der Waals surface area contributed by atoms with Gasteiger partial charge in [0.15, 0.2) is 5.75 Å². The lowest BCUT2D eigenvalue weighted by Gasteiger charge is -2.22. The van der Waals surface area contributed by atoms with Crippen LogP contribution in [0.15, 0.2) is 45.2 Å². The largest absolute Gasteiger partial charge is 0.504 e. The van der Waals surface area contributed by atoms with Crippen molar-refractivity contribution in [1.82, 2.24) is 14.4 Å². The van der Waals surface area contributed by atoms with Gasteiger partial charge in [0.25, 0.3) is 20.9 Å². The quantitative estimate of drug-likeness (QED) is 0.235. The molecule has 0 bridgehead atoms. The Kier molecular flexibility index (Phi) is 6.79. The third-order valence-electron chi connectivity index (χ3n) is 4.77. The van der Waals surface area contributed by atoms with Crippen LogP contribution in [0.3, 0.4) is 0 Å². The molecule has 1 atom stereocenters. The molecule has 0 saturated heterocycles. The van der Waals surface area contributed by atoms with Crippen LogP contribution in [0.2, 0.25) is 5.02 Å². The fourth-order valence-corrected chi connectivity index (χ4v) is 4.52. The first-order valence-electron chi connectivity index (χ1n) is 9.30. The van der Waals surface area contributed by atoms with Crippen molar-refractivity contribution in [1.29, 1.82) is 0 Å². The molecular weight excluding hydrogens is 462 g/mol. The summed E-state index contributed by atoms with van der Waals surface area (Å²) in [5, 5.41) is 15.9. The monoisotopic (exact) mass is 481 g/mol. The molecule has 1 heterocycles. The Morgan fingerprint density at radius 3 is 2.50 bits per heavy atom. The highest BCUT2D eigenvalue weighted by molar-refractivity contribution is 7.89. The lowest BCUT2D eigenvalue weighted by Crippen LogP contribution is -2.37. The number of nitrogens with one attached hydrogen (secondary N) is 2. The van der Waals surface area contributed by atoms with Gasteiger partial charge in [-0.05, 0) is 18.6 Å². The van der Waals surface area contributed by atoms with Crippen molar-refractivity contribution in [2.24, 2.45) is 0 Å². The summed E-state index contributed by atoms with van der Waals surface area (Å²) >= 11 is 6.00. The number of benzene rings is 1. The van der Waals surface area contributed by atoms with Gasteiger partial charge in [0, 0.05) is 19.4 Å². The summed E-state index contributed by atoms with van der Waals surface area (Å²) in [6.45, 7) is 1.86. The normalized spacial score (nSPS) is 12.8. The first kappa shape index (κ1) is 23.6. The van der Waals surface area contributed by atoms with Gasteiger partial charge in [0.05, 0.1) is 35.8 Å². The number of phenols is 1. The molecule has 0 aliphatic heterocycles. The minimum absolute atomic E-state index is 0.0136. The number of halogens is 1. The molecule has 0 amide bonds. The number of rotatable bonds is 9. The van der Waals surface area contributed by atoms with Gasteiger partial charge in [-0.1, -0.05) is 23.0 Å². The molecule has 0 spiro atoms. The van der Waals surface area contributed by atoms with Crippen LogP contribution in [-0.4, -0.2) is 42.1 Å². The molecule has 1 aromatic heterocycles. The van der Waals surface area contributed by atoms with Crippen LogP contribution < -0.4 is 21.5 Å². The van der Waals surface area contributed by atoms with E-state index in [1.54, 1.807) is 0 Å². The Hall–Kier alpha value is -3.06. The summed E-state index contributed by atoms with van der Waals surface area (Å²) in [7, 11) is -2.05. The van der Waals surface area contributed by atoms with Crippen molar-refractivity contribution in [3.05, 3.63) is 61.9 Å². The van der Waals surface area contributed by atoms with E-state index in [0.29, 0.717) is 16.6 Å². The zero-order valence-electron chi connectivity index (χ0n) is 17.3. The summed E-state index contributed by atoms with van der Waals surface area (Å²) in [6, 6.07) is 2.11. The maximum Gasteiger partial charge on any atom is 0.269 e. The minimum Gasteiger partial charge on any atom is -0.504 e. The van der Waals surface area contributed by atoms with Crippen LogP contribution in [0.4, 0.5) is 17.1 Å². The van der Waals surface area contributed by atoms with Gasteiger partial charge in [0.1, 0.15) is 16.3 Å². The Labute approximate surface area is 188 Å². The number of nitrogens with zero attached hydrogens (tertiary/aromatic N) is 3. The number of hydrogen-bond donors (Lipinski definition) is 3. The minimum atomic E-state index is -4.30. The average molecular weight is 482 g/mol. The van der Waals surface area contributed by atoms with E-state index in [1.165, 1.54) is 30.7 Å². The molecule has 0 aliphatic rings. The maximum absolute atomic E-state index is 12.6. The molecule has 0 fully saturated rings. The van der Waals surface area contributed by atoms with Gasteiger partial charge >= 0.3 is 0 Å². The van der Waals surface area contributed by atoms with E-state index < -0.39 is 37.6 Å². The molecule has 0 saturated carbocycles. The summed E-state index contributed by atoms with van der Waals surface area (Å²) in [5.41, 5.74) is -1.29. The summed E-state index contributed by atoms with van der Waals surface area (Å²) in [4.78, 5) is 36.7. The number of hydroxylamine groups is 1. The first-order chi connectivity index (χ1) is 15.1. The average Bonchev–Trinajstić information content (AvgIpc) is 2.79. The predicted octanol–water partition coefficient (Wildman–Crippen LogP) is 1.92. The van der Waals surface area contributed by atoms with E-state index in [1.807, 2.05) is 6.92 Å². The Morgan fingerprint density at radius 2 is 1.91 bits per heavy atom. The Bertz CT molecular complexity index is 1310. The fourth-order valence-electron chi connectivity index (χ4n) is 2.95. The van der Waals surface area contributed by atoms with Gasteiger partial charge in [-0.2, -0.15) is 0 Å². The second-order valence-corrected chi connectivity index (χ2v) is 8.92. The maximum atomic E-state index is 12.6. The van der Waals surface area contributed by atoms with Crippen LogP contribution in [0, 0.1) is 0 Å². The smallest absolute Gasteiger partial charge is 0.269 e. The van der Waals surface area contributed by atoms with Crippen LogP contribution >= 0.6 is 11.6 Å². The van der Waals surface area contributed by atoms with Crippen molar-refractivity contribution in [3.8, 4) is 5.75 Å². The van der Waals surface area contributed by atoms with Gasteiger partial charge in [-0.15, -0.1) is 0 Å². The van der Waals surface area contributed by atoms with Gasteiger partial charge < -0.3 is 15.7 Å². The second-order valence-electron chi connectivity index (χ2n) is 6.64. The van der Waals surface area contributed by atoms with E-state index in [0.717, 1.165) is 14.2 Å². The van der Waals surface area contributed by atoms with Crippen molar-refractivity contribution in [2.75, 3.05) is 24.8 Å². The van der Waals surface area contributed by atoms with Crippen molar-refractivity contribution < 1.29 is 18.4 Å². The van der Waals surface area contributed by atoms with Crippen molar-refractivity contribution in [3.63, 3.8) is 0 Å². The standard InChI is InChI=1S/C19H20ClN5O6S/c1-4-11(13-9-21-7-8-22-13)23-14-15(18(28)17(14)27)24-12-6-5-10(20)19(16(12)26)32(29,30)25(2)31-3/h5-9,11,23-24,26H,4H2,1-3H3/t11-/m1/s1. The Morgan fingerprint density at radius 1 is 1.22 bits per heavy atom. The SMILES string of the molecule is CC[C@@H](Nc1c(Nc2ccc(Cl)c(S(=O)(=O)N(C)OC)c2O)c(=O)c1=O)c1cnccn1. The lowest BCUT2D eigenvalue weighted by atomic mass is 10.1. The Balaban J connectivity index is 1.98. The van der Waals surface area contributed by atoms with Crippen molar-refractivity contribution in [2.45, 2.75) is 24.3 Å². The number of aromatic nitrogens is 2. The van der Waals surface area contributed by atoms with E-state index in [9.17, 15) is 23.1 Å². The molecule has 2 aromatic carbocycles. The molecule has 170 valence electrons. The molecule has 3 aromatic rings. The zero-order valence-corrected chi connectivity index (χ0v) is 18.9. The number of hydrogen-bond acceptors (Lipinski definition) is 10. The molecule has 32 heavy (non-hydrogen) atoms. The van der Waals surface area contributed by atoms with E-state index in [2.05, 4.69) is 20.6 Å². The summed E-state index contributed by atoms with van der Waals surface area (Å²) < 4.78 is 25.8. The number of aromatic hydroxyl groups is 1. The molecular formula is C19H20ClN5O6S. The number of anilines is 3. The fraction of sp³-hybridized carbons (Fsp3) is 0.263. The molecule has 11 nitrogen and oxygen atoms in total. The first-order valence-corrected chi connectivity index (χ1v) is 11.1. The number of phenolic OH excluding ortho intramolecular Hbond substituents is 1. The van der Waals surface area contributed by atoms with Gasteiger partial charge in [-0.25, -0.2) is 8.42 Å². The highest BCUT2D eigenvalue weighted by atomic mass is 35.5. The molecule has 0 aliphatic carbocycles. The van der Waals surface area contributed by atoms with Crippen molar-refractivity contribution >= 4 is 38.7 Å². The third kappa shape index (κ3) is 4.17. The predicted molar refractivity (Wildman–Crippen MR) is 118 cm³/mol. The highest BCUT2D eigenvalue weighted by Crippen LogP contribution is 2.40. The second kappa shape index (κ2) is 9.20. The van der Waals surface area contributed by atoms with Crippen LogP contribution in [0.5, 0.6) is 5.75 Å². The van der Waals surface area contributed by atoms with E-state index >= 15 is 0 Å². The van der Waals surface area contributed by atoms with Gasteiger partial charge in [0.2, 0.25) is 0 Å². The molecule has 3 rings (SSSR count). The number of sulfonamides is 1. The molecule has 0 radical (unpaired) electrons. The highest BCUT2D eigenvalue weighted by Gasteiger charge is 2.31. The van der Waals surface area contributed by atoms with Gasteiger partial charge in [-0.3, -0.25) is 24.4 Å². The molecule has 0 unspecified atom stereocenters. The third-order valence-corrected chi connectivity index (χ3v) is 6.96.